The molecule has 0 aliphatic heterocycles. The molecule has 0 aromatic carbocycles. The molecule has 98 valence electrons. The van der Waals surface area contributed by atoms with Crippen molar-refractivity contribution in [1.82, 2.24) is 25.4 Å². The second-order valence-electron chi connectivity index (χ2n) is 3.60. The van der Waals surface area contributed by atoms with Crippen LogP contribution in [0.4, 0.5) is 0 Å². The third-order valence-corrected chi connectivity index (χ3v) is 2.38. The van der Waals surface area contributed by atoms with Crippen molar-refractivity contribution in [1.29, 1.82) is 0 Å². The van der Waals surface area contributed by atoms with Gasteiger partial charge in [-0.2, -0.15) is 0 Å². The van der Waals surface area contributed by atoms with Crippen LogP contribution in [-0.2, 0) is 4.79 Å². The van der Waals surface area contributed by atoms with Crippen molar-refractivity contribution in [2.45, 2.75) is 5.92 Å². The molecule has 0 saturated carbocycles. The molecule has 9 heteroatoms. The fourth-order valence-electron chi connectivity index (χ4n) is 1.38. The lowest BCUT2D eigenvalue weighted by molar-refractivity contribution is -0.138. The van der Waals surface area contributed by atoms with Gasteiger partial charge >= 0.3 is 5.97 Å². The summed E-state index contributed by atoms with van der Waals surface area (Å²) in [6, 6.07) is 1.49. The van der Waals surface area contributed by atoms with Crippen LogP contribution in [0.5, 0.6) is 5.75 Å². The van der Waals surface area contributed by atoms with E-state index in [0.29, 0.717) is 5.56 Å². The van der Waals surface area contributed by atoms with Gasteiger partial charge in [-0.3, -0.25) is 9.78 Å². The van der Waals surface area contributed by atoms with Gasteiger partial charge in [0.25, 0.3) is 0 Å². The SMILES string of the molecule is NCC(C(=O)O)c1nnc(-c2ccncc2O)nn1. The second kappa shape index (κ2) is 5.31. The summed E-state index contributed by atoms with van der Waals surface area (Å²) in [6.45, 7) is -0.154. The molecule has 0 spiro atoms. The number of nitrogens with zero attached hydrogens (tertiary/aromatic N) is 5. The van der Waals surface area contributed by atoms with Crippen LogP contribution in [-0.4, -0.2) is 48.1 Å². The molecule has 0 amide bonds. The van der Waals surface area contributed by atoms with Gasteiger partial charge in [0, 0.05) is 12.7 Å². The Morgan fingerprint density at radius 2 is 2.00 bits per heavy atom. The molecule has 0 aliphatic rings. The Balaban J connectivity index is 2.33. The van der Waals surface area contributed by atoms with Crippen LogP contribution in [0.25, 0.3) is 11.4 Å². The highest BCUT2D eigenvalue weighted by atomic mass is 16.4. The van der Waals surface area contributed by atoms with Crippen LogP contribution in [0, 0.1) is 0 Å². The van der Waals surface area contributed by atoms with Crippen molar-refractivity contribution < 1.29 is 15.0 Å². The standard InChI is InChI=1S/C10H10N6O3/c11-3-6(10(18)19)9-15-13-8(14-16-9)5-1-2-12-4-7(5)17/h1-2,4,6,17H,3,11H2,(H,18,19). The Hall–Kier alpha value is -2.68. The van der Waals surface area contributed by atoms with E-state index in [0.717, 1.165) is 0 Å². The largest absolute Gasteiger partial charge is 0.506 e. The zero-order chi connectivity index (χ0) is 13.8. The van der Waals surface area contributed by atoms with E-state index in [9.17, 15) is 9.90 Å². The maximum atomic E-state index is 10.9. The van der Waals surface area contributed by atoms with Crippen molar-refractivity contribution in [3.63, 3.8) is 0 Å². The minimum atomic E-state index is -1.15. The Kier molecular flexibility index (Phi) is 3.57. The number of carboxylic acid groups (broad SMARTS) is 1. The number of carbonyl (C=O) groups is 1. The van der Waals surface area contributed by atoms with Crippen LogP contribution in [0.1, 0.15) is 11.7 Å². The van der Waals surface area contributed by atoms with E-state index in [-0.39, 0.29) is 23.9 Å². The van der Waals surface area contributed by atoms with Crippen molar-refractivity contribution >= 4 is 5.97 Å². The first kappa shape index (κ1) is 12.8. The topological polar surface area (TPSA) is 148 Å². The summed E-state index contributed by atoms with van der Waals surface area (Å²) >= 11 is 0. The predicted molar refractivity (Wildman–Crippen MR) is 61.9 cm³/mol. The molecule has 0 saturated heterocycles. The first-order valence-corrected chi connectivity index (χ1v) is 5.27. The number of carboxylic acids is 1. The molecule has 2 aromatic rings. The lowest BCUT2D eigenvalue weighted by atomic mass is 10.1. The monoisotopic (exact) mass is 262 g/mol. The van der Waals surface area contributed by atoms with Gasteiger partial charge in [-0.1, -0.05) is 0 Å². The first-order valence-electron chi connectivity index (χ1n) is 5.27. The summed E-state index contributed by atoms with van der Waals surface area (Å²) in [4.78, 5) is 14.6. The molecule has 0 radical (unpaired) electrons. The minimum absolute atomic E-state index is 0.0739. The van der Waals surface area contributed by atoms with E-state index in [1.165, 1.54) is 18.5 Å². The summed E-state index contributed by atoms with van der Waals surface area (Å²) in [5.74, 6) is -2.32. The van der Waals surface area contributed by atoms with Crippen molar-refractivity contribution in [2.75, 3.05) is 6.54 Å². The van der Waals surface area contributed by atoms with E-state index in [1.54, 1.807) is 0 Å². The highest BCUT2D eigenvalue weighted by Crippen LogP contribution is 2.23. The van der Waals surface area contributed by atoms with Crippen LogP contribution in [0.3, 0.4) is 0 Å². The highest BCUT2D eigenvalue weighted by Gasteiger charge is 2.22. The third-order valence-electron chi connectivity index (χ3n) is 2.38. The van der Waals surface area contributed by atoms with Gasteiger partial charge < -0.3 is 15.9 Å². The number of hydrogen-bond acceptors (Lipinski definition) is 8. The van der Waals surface area contributed by atoms with Gasteiger partial charge in [0.1, 0.15) is 11.7 Å². The van der Waals surface area contributed by atoms with E-state index < -0.39 is 11.9 Å². The highest BCUT2D eigenvalue weighted by molar-refractivity contribution is 5.75. The number of pyridine rings is 1. The van der Waals surface area contributed by atoms with Crippen LogP contribution < -0.4 is 5.73 Å². The Morgan fingerprint density at radius 1 is 1.32 bits per heavy atom. The first-order chi connectivity index (χ1) is 9.13. The lowest BCUT2D eigenvalue weighted by Gasteiger charge is -2.06. The van der Waals surface area contributed by atoms with Gasteiger partial charge in [0.05, 0.1) is 11.8 Å². The number of rotatable bonds is 4. The Bertz CT molecular complexity index is 588. The third kappa shape index (κ3) is 2.60. The number of hydrogen-bond donors (Lipinski definition) is 3. The summed E-state index contributed by atoms with van der Waals surface area (Å²) in [5, 5.41) is 33.3. The van der Waals surface area contributed by atoms with Crippen molar-refractivity contribution in [3.05, 3.63) is 24.3 Å². The summed E-state index contributed by atoms with van der Waals surface area (Å²) in [7, 11) is 0. The smallest absolute Gasteiger partial charge is 0.315 e. The van der Waals surface area contributed by atoms with E-state index >= 15 is 0 Å². The second-order valence-corrected chi connectivity index (χ2v) is 3.60. The molecule has 19 heavy (non-hydrogen) atoms. The maximum absolute atomic E-state index is 10.9. The normalized spacial score (nSPS) is 12.1. The molecule has 0 fully saturated rings. The molecule has 2 aromatic heterocycles. The van der Waals surface area contributed by atoms with Gasteiger partial charge in [0.2, 0.25) is 5.82 Å². The number of aliphatic carboxylic acids is 1. The number of aromatic nitrogens is 5. The molecule has 2 heterocycles. The van der Waals surface area contributed by atoms with E-state index in [2.05, 4.69) is 25.4 Å². The fourth-order valence-corrected chi connectivity index (χ4v) is 1.38. The number of aromatic hydroxyl groups is 1. The fraction of sp³-hybridized carbons (Fsp3) is 0.200. The van der Waals surface area contributed by atoms with Crippen molar-refractivity contribution in [3.8, 4) is 17.1 Å². The average molecular weight is 262 g/mol. The van der Waals surface area contributed by atoms with Crippen LogP contribution in [0.15, 0.2) is 18.5 Å². The molecule has 2 rings (SSSR count). The minimum Gasteiger partial charge on any atom is -0.506 e. The molecule has 1 unspecified atom stereocenters. The van der Waals surface area contributed by atoms with Gasteiger partial charge in [-0.05, 0) is 6.07 Å². The average Bonchev–Trinajstić information content (AvgIpc) is 2.41. The number of nitrogens with two attached hydrogens (primary N) is 1. The molecule has 1 atom stereocenters. The molecule has 0 aliphatic carbocycles. The van der Waals surface area contributed by atoms with Crippen LogP contribution in [0.2, 0.25) is 0 Å². The Morgan fingerprint density at radius 3 is 2.53 bits per heavy atom. The lowest BCUT2D eigenvalue weighted by Crippen LogP contribution is -2.24. The summed E-state index contributed by atoms with van der Waals surface area (Å²) < 4.78 is 0. The summed E-state index contributed by atoms with van der Waals surface area (Å²) in [6.07, 6.45) is 2.68. The van der Waals surface area contributed by atoms with E-state index in [4.69, 9.17) is 10.8 Å². The predicted octanol–water partition coefficient (Wildman–Crippen LogP) is -0.839. The molecular weight excluding hydrogens is 252 g/mol. The maximum Gasteiger partial charge on any atom is 0.315 e. The molecule has 0 bridgehead atoms. The molecule has 9 nitrogen and oxygen atoms in total. The molecular formula is C10H10N6O3. The van der Waals surface area contributed by atoms with Gasteiger partial charge in [-0.25, -0.2) is 0 Å². The summed E-state index contributed by atoms with van der Waals surface area (Å²) in [5.41, 5.74) is 5.62. The van der Waals surface area contributed by atoms with Crippen LogP contribution >= 0.6 is 0 Å². The van der Waals surface area contributed by atoms with Gasteiger partial charge in [-0.15, -0.1) is 20.4 Å². The van der Waals surface area contributed by atoms with Gasteiger partial charge in [0.15, 0.2) is 5.82 Å². The van der Waals surface area contributed by atoms with E-state index in [1.807, 2.05) is 0 Å². The Labute approximate surface area is 107 Å². The molecule has 4 N–H and O–H groups in total. The quantitative estimate of drug-likeness (QED) is 0.641. The zero-order valence-corrected chi connectivity index (χ0v) is 9.63. The zero-order valence-electron chi connectivity index (χ0n) is 9.63. The van der Waals surface area contributed by atoms with Crippen molar-refractivity contribution in [2.24, 2.45) is 5.73 Å².